The highest BCUT2D eigenvalue weighted by molar-refractivity contribution is 4.72. The normalized spacial score (nSPS) is 23.3. The van der Waals surface area contributed by atoms with Crippen LogP contribution in [0.4, 0.5) is 0 Å². The molecule has 1 heterocycles. The minimum atomic E-state index is 0.943. The van der Waals surface area contributed by atoms with E-state index < -0.39 is 0 Å². The van der Waals surface area contributed by atoms with Crippen LogP contribution >= 0.6 is 0 Å². The molecule has 1 unspecified atom stereocenters. The van der Waals surface area contributed by atoms with E-state index in [2.05, 4.69) is 25.7 Å². The van der Waals surface area contributed by atoms with Crippen molar-refractivity contribution in [3.8, 4) is 0 Å². The Balaban J connectivity index is 2.17. The molecule has 0 bridgehead atoms. The standard InChI is InChI=1S/C12H25N/c1-4-11(3)10-12-6-8-13(5-2)9-7-12/h11-12H,4-10H2,1-3H3. The van der Waals surface area contributed by atoms with E-state index in [1.165, 1.54) is 45.3 Å². The molecule has 1 atom stereocenters. The van der Waals surface area contributed by atoms with Gasteiger partial charge in [0.05, 0.1) is 0 Å². The number of rotatable bonds is 4. The van der Waals surface area contributed by atoms with Gasteiger partial charge < -0.3 is 4.90 Å². The minimum absolute atomic E-state index is 0.943. The summed E-state index contributed by atoms with van der Waals surface area (Å²) < 4.78 is 0. The van der Waals surface area contributed by atoms with Gasteiger partial charge in [-0.05, 0) is 50.7 Å². The summed E-state index contributed by atoms with van der Waals surface area (Å²) in [5.41, 5.74) is 0. The van der Waals surface area contributed by atoms with Crippen molar-refractivity contribution in [1.29, 1.82) is 0 Å². The third-order valence-corrected chi connectivity index (χ3v) is 3.59. The average molecular weight is 183 g/mol. The van der Waals surface area contributed by atoms with Crippen molar-refractivity contribution in [2.45, 2.75) is 46.5 Å². The van der Waals surface area contributed by atoms with Crippen LogP contribution in [0, 0.1) is 11.8 Å². The van der Waals surface area contributed by atoms with Crippen molar-refractivity contribution >= 4 is 0 Å². The van der Waals surface area contributed by atoms with Gasteiger partial charge in [0, 0.05) is 0 Å². The first-order chi connectivity index (χ1) is 6.26. The van der Waals surface area contributed by atoms with Crippen LogP contribution in [-0.2, 0) is 0 Å². The minimum Gasteiger partial charge on any atom is -0.304 e. The fourth-order valence-electron chi connectivity index (χ4n) is 2.27. The molecular formula is C12H25N. The Hall–Kier alpha value is -0.0400. The summed E-state index contributed by atoms with van der Waals surface area (Å²) in [6.45, 7) is 10.9. The Morgan fingerprint density at radius 2 is 1.85 bits per heavy atom. The van der Waals surface area contributed by atoms with Crippen LogP contribution in [0.15, 0.2) is 0 Å². The molecule has 1 rings (SSSR count). The van der Waals surface area contributed by atoms with Gasteiger partial charge in [0.2, 0.25) is 0 Å². The van der Waals surface area contributed by atoms with Crippen LogP contribution in [-0.4, -0.2) is 24.5 Å². The van der Waals surface area contributed by atoms with Crippen LogP contribution in [0.25, 0.3) is 0 Å². The lowest BCUT2D eigenvalue weighted by Crippen LogP contribution is -2.33. The summed E-state index contributed by atoms with van der Waals surface area (Å²) in [4.78, 5) is 2.58. The number of likely N-dealkylation sites (tertiary alicyclic amines) is 1. The molecule has 13 heavy (non-hydrogen) atoms. The summed E-state index contributed by atoms with van der Waals surface area (Å²) in [5.74, 6) is 1.97. The molecule has 1 fully saturated rings. The second-order valence-corrected chi connectivity index (χ2v) is 4.63. The van der Waals surface area contributed by atoms with Crippen molar-refractivity contribution in [2.24, 2.45) is 11.8 Å². The highest BCUT2D eigenvalue weighted by Gasteiger charge is 2.19. The van der Waals surface area contributed by atoms with Crippen molar-refractivity contribution in [1.82, 2.24) is 4.90 Å². The van der Waals surface area contributed by atoms with Gasteiger partial charge >= 0.3 is 0 Å². The number of hydrogen-bond acceptors (Lipinski definition) is 1. The first-order valence-corrected chi connectivity index (χ1v) is 5.98. The zero-order valence-corrected chi connectivity index (χ0v) is 9.55. The van der Waals surface area contributed by atoms with Gasteiger partial charge in [-0.25, -0.2) is 0 Å². The lowest BCUT2D eigenvalue weighted by molar-refractivity contribution is 0.175. The number of hydrogen-bond donors (Lipinski definition) is 0. The highest BCUT2D eigenvalue weighted by atomic mass is 15.1. The van der Waals surface area contributed by atoms with E-state index in [0.717, 1.165) is 11.8 Å². The molecule has 0 saturated carbocycles. The maximum Gasteiger partial charge on any atom is -0.00162 e. The van der Waals surface area contributed by atoms with Crippen molar-refractivity contribution in [2.75, 3.05) is 19.6 Å². The molecule has 0 N–H and O–H groups in total. The van der Waals surface area contributed by atoms with Crippen LogP contribution in [0.1, 0.15) is 46.5 Å². The summed E-state index contributed by atoms with van der Waals surface area (Å²) in [5, 5.41) is 0. The molecule has 0 spiro atoms. The molecule has 1 heteroatoms. The van der Waals surface area contributed by atoms with E-state index in [1.54, 1.807) is 0 Å². The maximum atomic E-state index is 2.58. The van der Waals surface area contributed by atoms with E-state index >= 15 is 0 Å². The monoisotopic (exact) mass is 183 g/mol. The molecule has 0 amide bonds. The SMILES string of the molecule is CCC(C)CC1CCN(CC)CC1. The summed E-state index contributed by atoms with van der Waals surface area (Å²) in [7, 11) is 0. The predicted octanol–water partition coefficient (Wildman–Crippen LogP) is 3.15. The molecule has 0 aliphatic carbocycles. The third kappa shape index (κ3) is 3.68. The Bertz CT molecular complexity index is 125. The Morgan fingerprint density at radius 3 is 2.31 bits per heavy atom. The number of nitrogens with zero attached hydrogens (tertiary/aromatic N) is 1. The average Bonchev–Trinajstić information content (AvgIpc) is 2.19. The van der Waals surface area contributed by atoms with E-state index in [9.17, 15) is 0 Å². The summed E-state index contributed by atoms with van der Waals surface area (Å²) in [6.07, 6.45) is 5.71. The largest absolute Gasteiger partial charge is 0.304 e. The van der Waals surface area contributed by atoms with E-state index in [-0.39, 0.29) is 0 Å². The van der Waals surface area contributed by atoms with Gasteiger partial charge in [0.1, 0.15) is 0 Å². The van der Waals surface area contributed by atoms with Crippen LogP contribution in [0.3, 0.4) is 0 Å². The van der Waals surface area contributed by atoms with Crippen molar-refractivity contribution in [3.05, 3.63) is 0 Å². The molecule has 0 radical (unpaired) electrons. The summed E-state index contributed by atoms with van der Waals surface area (Å²) in [6, 6.07) is 0. The molecular weight excluding hydrogens is 158 g/mol. The Labute approximate surface area is 83.5 Å². The van der Waals surface area contributed by atoms with Crippen LogP contribution < -0.4 is 0 Å². The molecule has 1 nitrogen and oxygen atoms in total. The first kappa shape index (κ1) is 11.0. The molecule has 78 valence electrons. The topological polar surface area (TPSA) is 3.24 Å². The quantitative estimate of drug-likeness (QED) is 0.647. The lowest BCUT2D eigenvalue weighted by Gasteiger charge is -2.32. The predicted molar refractivity (Wildman–Crippen MR) is 58.9 cm³/mol. The smallest absolute Gasteiger partial charge is 0.00162 e. The first-order valence-electron chi connectivity index (χ1n) is 5.98. The molecule has 0 aromatic heterocycles. The van der Waals surface area contributed by atoms with Crippen LogP contribution in [0.2, 0.25) is 0 Å². The van der Waals surface area contributed by atoms with E-state index in [4.69, 9.17) is 0 Å². The zero-order chi connectivity index (χ0) is 9.68. The molecule has 1 aliphatic heterocycles. The Morgan fingerprint density at radius 1 is 1.23 bits per heavy atom. The molecule has 1 aliphatic rings. The van der Waals surface area contributed by atoms with Gasteiger partial charge in [-0.3, -0.25) is 0 Å². The van der Waals surface area contributed by atoms with Gasteiger partial charge in [-0.1, -0.05) is 27.2 Å². The summed E-state index contributed by atoms with van der Waals surface area (Å²) >= 11 is 0. The fraction of sp³-hybridized carbons (Fsp3) is 1.00. The highest BCUT2D eigenvalue weighted by Crippen LogP contribution is 2.25. The second-order valence-electron chi connectivity index (χ2n) is 4.63. The lowest BCUT2D eigenvalue weighted by atomic mass is 9.87. The molecule has 0 aromatic rings. The van der Waals surface area contributed by atoms with Crippen molar-refractivity contribution < 1.29 is 0 Å². The van der Waals surface area contributed by atoms with Gasteiger partial charge in [0.25, 0.3) is 0 Å². The zero-order valence-electron chi connectivity index (χ0n) is 9.55. The van der Waals surface area contributed by atoms with Crippen molar-refractivity contribution in [3.63, 3.8) is 0 Å². The molecule has 0 aromatic carbocycles. The number of piperidine rings is 1. The van der Waals surface area contributed by atoms with Gasteiger partial charge in [-0.2, -0.15) is 0 Å². The Kier molecular flexibility index (Phi) is 4.79. The van der Waals surface area contributed by atoms with Gasteiger partial charge in [-0.15, -0.1) is 0 Å². The van der Waals surface area contributed by atoms with E-state index in [0.29, 0.717) is 0 Å². The second kappa shape index (κ2) is 5.64. The fourth-order valence-corrected chi connectivity index (χ4v) is 2.27. The maximum absolute atomic E-state index is 2.58. The van der Waals surface area contributed by atoms with E-state index in [1.807, 2.05) is 0 Å². The molecule has 1 saturated heterocycles. The van der Waals surface area contributed by atoms with Crippen LogP contribution in [0.5, 0.6) is 0 Å². The van der Waals surface area contributed by atoms with Gasteiger partial charge in [0.15, 0.2) is 0 Å². The third-order valence-electron chi connectivity index (χ3n) is 3.59.